The number of benzene rings is 2. The molecule has 0 bridgehead atoms. The molecule has 3 N–H and O–H groups in total. The summed E-state index contributed by atoms with van der Waals surface area (Å²) in [6.45, 7) is 2.05. The SMILES string of the molecule is CC(=O)NC(Cc1c[nH]c2ccccc12)C(=O)NCC1CCCc2ccccc21. The van der Waals surface area contributed by atoms with Gasteiger partial charge in [-0.15, -0.1) is 0 Å². The van der Waals surface area contributed by atoms with Gasteiger partial charge in [0.2, 0.25) is 11.8 Å². The molecule has 0 saturated heterocycles. The quantitative estimate of drug-likeness (QED) is 0.604. The third-order valence-corrected chi connectivity index (χ3v) is 5.81. The molecule has 5 heteroatoms. The second kappa shape index (κ2) is 8.52. The summed E-state index contributed by atoms with van der Waals surface area (Å²) in [6.07, 6.45) is 5.70. The number of hydrogen-bond donors (Lipinski definition) is 3. The van der Waals surface area contributed by atoms with Crippen molar-refractivity contribution in [1.82, 2.24) is 15.6 Å². The summed E-state index contributed by atoms with van der Waals surface area (Å²) in [6, 6.07) is 15.9. The minimum Gasteiger partial charge on any atom is -0.361 e. The van der Waals surface area contributed by atoms with E-state index in [1.807, 2.05) is 30.5 Å². The van der Waals surface area contributed by atoms with Gasteiger partial charge in [-0.25, -0.2) is 0 Å². The molecule has 4 rings (SSSR count). The van der Waals surface area contributed by atoms with Gasteiger partial charge in [0.1, 0.15) is 6.04 Å². The standard InChI is InChI=1S/C24H27N3O2/c1-16(28)27-23(13-19-15-25-22-12-5-4-11-21(19)22)24(29)26-14-18-9-6-8-17-7-2-3-10-20(17)18/h2-5,7,10-12,15,18,23,25H,6,8-9,13-14H2,1H3,(H,26,29)(H,27,28). The van der Waals surface area contributed by atoms with Crippen LogP contribution in [-0.4, -0.2) is 29.4 Å². The van der Waals surface area contributed by atoms with Gasteiger partial charge >= 0.3 is 0 Å². The molecule has 5 nitrogen and oxygen atoms in total. The van der Waals surface area contributed by atoms with Crippen molar-refractivity contribution < 1.29 is 9.59 Å². The first-order valence-electron chi connectivity index (χ1n) is 10.3. The van der Waals surface area contributed by atoms with Crippen LogP contribution in [0.3, 0.4) is 0 Å². The number of fused-ring (bicyclic) bond motifs is 2. The first-order valence-corrected chi connectivity index (χ1v) is 10.3. The number of H-pyrrole nitrogens is 1. The van der Waals surface area contributed by atoms with E-state index >= 15 is 0 Å². The highest BCUT2D eigenvalue weighted by Crippen LogP contribution is 2.30. The Morgan fingerprint density at radius 2 is 1.93 bits per heavy atom. The Balaban J connectivity index is 1.46. The number of rotatable bonds is 6. The minimum atomic E-state index is -0.592. The lowest BCUT2D eigenvalue weighted by Crippen LogP contribution is -2.48. The highest BCUT2D eigenvalue weighted by molar-refractivity contribution is 5.89. The van der Waals surface area contributed by atoms with Gasteiger partial charge in [-0.05, 0) is 42.0 Å². The highest BCUT2D eigenvalue weighted by Gasteiger charge is 2.24. The lowest BCUT2D eigenvalue weighted by atomic mass is 9.83. The van der Waals surface area contributed by atoms with Gasteiger partial charge in [0.05, 0.1) is 0 Å². The average molecular weight is 389 g/mol. The fraction of sp³-hybridized carbons (Fsp3) is 0.333. The summed E-state index contributed by atoms with van der Waals surface area (Å²) in [7, 11) is 0. The summed E-state index contributed by atoms with van der Waals surface area (Å²) < 4.78 is 0. The fourth-order valence-electron chi connectivity index (χ4n) is 4.39. The van der Waals surface area contributed by atoms with Gasteiger partial charge in [-0.3, -0.25) is 9.59 Å². The van der Waals surface area contributed by atoms with Crippen LogP contribution in [0.15, 0.2) is 54.7 Å². The number of para-hydroxylation sites is 1. The molecule has 3 aromatic rings. The van der Waals surface area contributed by atoms with Crippen LogP contribution in [0.4, 0.5) is 0 Å². The fourth-order valence-corrected chi connectivity index (χ4v) is 4.39. The van der Waals surface area contributed by atoms with Crippen molar-refractivity contribution >= 4 is 22.7 Å². The van der Waals surface area contributed by atoms with Gasteiger partial charge < -0.3 is 15.6 Å². The van der Waals surface area contributed by atoms with Crippen molar-refractivity contribution in [1.29, 1.82) is 0 Å². The molecule has 1 heterocycles. The molecule has 2 aromatic carbocycles. The van der Waals surface area contributed by atoms with E-state index in [9.17, 15) is 9.59 Å². The van der Waals surface area contributed by atoms with Crippen molar-refractivity contribution in [3.8, 4) is 0 Å². The summed E-state index contributed by atoms with van der Waals surface area (Å²) in [5, 5.41) is 7.00. The summed E-state index contributed by atoms with van der Waals surface area (Å²) >= 11 is 0. The molecule has 0 saturated carbocycles. The second-order valence-electron chi connectivity index (χ2n) is 7.85. The molecule has 150 valence electrons. The molecule has 1 aliphatic rings. The lowest BCUT2D eigenvalue weighted by Gasteiger charge is -2.26. The topological polar surface area (TPSA) is 74.0 Å². The van der Waals surface area contributed by atoms with Gasteiger partial charge in [-0.1, -0.05) is 42.5 Å². The third kappa shape index (κ3) is 4.34. The molecular weight excluding hydrogens is 362 g/mol. The Kier molecular flexibility index (Phi) is 5.65. The van der Waals surface area contributed by atoms with Crippen molar-refractivity contribution in [2.75, 3.05) is 6.54 Å². The number of aromatic amines is 1. The number of carbonyl (C=O) groups excluding carboxylic acids is 2. The van der Waals surface area contributed by atoms with Gasteiger partial charge in [0, 0.05) is 42.9 Å². The Hall–Kier alpha value is -3.08. The van der Waals surface area contributed by atoms with Crippen LogP contribution < -0.4 is 10.6 Å². The molecule has 1 aliphatic carbocycles. The van der Waals surface area contributed by atoms with Crippen molar-refractivity contribution in [2.45, 2.75) is 44.6 Å². The Morgan fingerprint density at radius 3 is 2.79 bits per heavy atom. The average Bonchev–Trinajstić information content (AvgIpc) is 3.14. The number of nitrogens with one attached hydrogen (secondary N) is 3. The van der Waals surface area contributed by atoms with Crippen molar-refractivity contribution in [2.24, 2.45) is 0 Å². The number of amides is 2. The summed E-state index contributed by atoms with van der Waals surface area (Å²) in [5.41, 5.74) is 4.78. The van der Waals surface area contributed by atoms with Gasteiger partial charge in [0.25, 0.3) is 0 Å². The van der Waals surface area contributed by atoms with E-state index in [2.05, 4.69) is 39.9 Å². The number of carbonyl (C=O) groups is 2. The molecule has 0 radical (unpaired) electrons. The molecular formula is C24H27N3O2. The lowest BCUT2D eigenvalue weighted by molar-refractivity contribution is -0.128. The van der Waals surface area contributed by atoms with Crippen LogP contribution in [0.5, 0.6) is 0 Å². The van der Waals surface area contributed by atoms with E-state index in [-0.39, 0.29) is 11.8 Å². The number of aryl methyl sites for hydroxylation is 1. The molecule has 0 fully saturated rings. The maximum absolute atomic E-state index is 13.0. The number of aromatic nitrogens is 1. The number of hydrogen-bond acceptors (Lipinski definition) is 2. The van der Waals surface area contributed by atoms with E-state index in [0.717, 1.165) is 35.7 Å². The summed E-state index contributed by atoms with van der Waals surface area (Å²) in [4.78, 5) is 27.9. The Bertz CT molecular complexity index is 1020. The zero-order valence-corrected chi connectivity index (χ0v) is 16.7. The zero-order valence-electron chi connectivity index (χ0n) is 16.7. The molecule has 29 heavy (non-hydrogen) atoms. The zero-order chi connectivity index (χ0) is 20.2. The minimum absolute atomic E-state index is 0.131. The van der Waals surface area contributed by atoms with E-state index in [1.54, 1.807) is 0 Å². The van der Waals surface area contributed by atoms with E-state index in [4.69, 9.17) is 0 Å². The van der Waals surface area contributed by atoms with Crippen LogP contribution in [0, 0.1) is 0 Å². The highest BCUT2D eigenvalue weighted by atomic mass is 16.2. The van der Waals surface area contributed by atoms with E-state index in [1.165, 1.54) is 18.1 Å². The van der Waals surface area contributed by atoms with Crippen LogP contribution in [0.1, 0.15) is 42.4 Å². The smallest absolute Gasteiger partial charge is 0.242 e. The molecule has 2 unspecified atom stereocenters. The largest absolute Gasteiger partial charge is 0.361 e. The first-order chi connectivity index (χ1) is 14.1. The predicted molar refractivity (Wildman–Crippen MR) is 115 cm³/mol. The van der Waals surface area contributed by atoms with Crippen LogP contribution in [0.25, 0.3) is 10.9 Å². The maximum Gasteiger partial charge on any atom is 0.242 e. The van der Waals surface area contributed by atoms with Gasteiger partial charge in [0.15, 0.2) is 0 Å². The molecule has 1 aromatic heterocycles. The molecule has 0 aliphatic heterocycles. The first kappa shape index (κ1) is 19.2. The summed E-state index contributed by atoms with van der Waals surface area (Å²) in [5.74, 6) is -0.00324. The van der Waals surface area contributed by atoms with Crippen LogP contribution in [-0.2, 0) is 22.4 Å². The third-order valence-electron chi connectivity index (χ3n) is 5.81. The Labute approximate surface area is 170 Å². The van der Waals surface area contributed by atoms with E-state index in [0.29, 0.717) is 18.9 Å². The van der Waals surface area contributed by atoms with Crippen molar-refractivity contribution in [3.63, 3.8) is 0 Å². The maximum atomic E-state index is 13.0. The second-order valence-corrected chi connectivity index (χ2v) is 7.85. The molecule has 2 amide bonds. The van der Waals surface area contributed by atoms with Crippen LogP contribution in [0.2, 0.25) is 0 Å². The van der Waals surface area contributed by atoms with Gasteiger partial charge in [-0.2, -0.15) is 0 Å². The molecule has 2 atom stereocenters. The molecule has 0 spiro atoms. The van der Waals surface area contributed by atoms with Crippen molar-refractivity contribution in [3.05, 3.63) is 71.4 Å². The van der Waals surface area contributed by atoms with Crippen LogP contribution >= 0.6 is 0 Å². The predicted octanol–water partition coefficient (Wildman–Crippen LogP) is 3.45. The normalized spacial score (nSPS) is 16.8. The monoisotopic (exact) mass is 389 g/mol. The van der Waals surface area contributed by atoms with E-state index < -0.39 is 6.04 Å². The Morgan fingerprint density at radius 1 is 1.14 bits per heavy atom.